The van der Waals surface area contributed by atoms with Crippen molar-refractivity contribution in [3.8, 4) is 0 Å². The Morgan fingerprint density at radius 1 is 1.07 bits per heavy atom. The predicted molar refractivity (Wildman–Crippen MR) is 122 cm³/mol. The summed E-state index contributed by atoms with van der Waals surface area (Å²) in [6, 6.07) is 11.8. The van der Waals surface area contributed by atoms with E-state index < -0.39 is 11.6 Å². The fourth-order valence-electron chi connectivity index (χ4n) is 4.43. The molecule has 1 N–H and O–H groups in total. The summed E-state index contributed by atoms with van der Waals surface area (Å²) in [6.07, 6.45) is 4.68. The topological polar surface area (TPSA) is 32.3 Å². The average Bonchev–Trinajstić information content (AvgIpc) is 3.51. The zero-order valence-electron chi connectivity index (χ0n) is 17.0. The van der Waals surface area contributed by atoms with Crippen LogP contribution in [0.1, 0.15) is 36.8 Å². The molecule has 160 valence electrons. The summed E-state index contributed by atoms with van der Waals surface area (Å²) < 4.78 is 28.0. The Balaban J connectivity index is 1.43. The normalized spacial score (nSPS) is 18.9. The Hall–Kier alpha value is -1.54. The second-order valence-corrected chi connectivity index (χ2v) is 10.0. The van der Waals surface area contributed by atoms with Crippen LogP contribution in [0.5, 0.6) is 0 Å². The lowest BCUT2D eigenvalue weighted by molar-refractivity contribution is -0.120. The lowest BCUT2D eigenvalue weighted by Crippen LogP contribution is -2.49. The Bertz CT molecular complexity index is 870. The standard InChI is InChI=1S/C24H27F2IN2O/c25-20-11-18(12-21(26)14-20)13-23(30)28-16-24(19-3-5-22(27)6-4-19)7-9-29(10-8-24)15-17-1-2-17/h3-6,11-12,14,17H,1-2,7-10,13,15-16H2,(H,28,30). The van der Waals surface area contributed by atoms with Gasteiger partial charge in [-0.15, -0.1) is 0 Å². The van der Waals surface area contributed by atoms with Gasteiger partial charge in [-0.3, -0.25) is 4.79 Å². The maximum Gasteiger partial charge on any atom is 0.224 e. The number of hydrogen-bond acceptors (Lipinski definition) is 2. The van der Waals surface area contributed by atoms with Gasteiger partial charge in [-0.25, -0.2) is 8.78 Å². The highest BCUT2D eigenvalue weighted by atomic mass is 127. The van der Waals surface area contributed by atoms with E-state index in [9.17, 15) is 13.6 Å². The fourth-order valence-corrected chi connectivity index (χ4v) is 4.79. The molecule has 1 amide bonds. The fraction of sp³-hybridized carbons (Fsp3) is 0.458. The van der Waals surface area contributed by atoms with Crippen molar-refractivity contribution in [3.63, 3.8) is 0 Å². The van der Waals surface area contributed by atoms with E-state index in [1.165, 1.54) is 40.7 Å². The van der Waals surface area contributed by atoms with Gasteiger partial charge in [0.1, 0.15) is 11.6 Å². The zero-order valence-corrected chi connectivity index (χ0v) is 19.1. The third-order valence-electron chi connectivity index (χ3n) is 6.39. The molecule has 4 rings (SSSR count). The predicted octanol–water partition coefficient (Wildman–Crippen LogP) is 4.67. The molecule has 2 aromatic carbocycles. The second kappa shape index (κ2) is 9.30. The van der Waals surface area contributed by atoms with E-state index in [0.717, 1.165) is 37.9 Å². The van der Waals surface area contributed by atoms with Crippen molar-refractivity contribution in [1.82, 2.24) is 10.2 Å². The van der Waals surface area contributed by atoms with Crippen molar-refractivity contribution in [2.75, 3.05) is 26.2 Å². The molecule has 3 nitrogen and oxygen atoms in total. The van der Waals surface area contributed by atoms with Crippen LogP contribution >= 0.6 is 22.6 Å². The van der Waals surface area contributed by atoms with Crippen LogP contribution in [-0.2, 0) is 16.6 Å². The summed E-state index contributed by atoms with van der Waals surface area (Å²) in [5, 5.41) is 3.06. The summed E-state index contributed by atoms with van der Waals surface area (Å²) in [5.74, 6) is -0.639. The quantitative estimate of drug-likeness (QED) is 0.535. The molecule has 2 fully saturated rings. The Kier molecular flexibility index (Phi) is 6.72. The number of likely N-dealkylation sites (tertiary alicyclic amines) is 1. The first-order valence-electron chi connectivity index (χ1n) is 10.6. The van der Waals surface area contributed by atoms with Crippen molar-refractivity contribution < 1.29 is 13.6 Å². The van der Waals surface area contributed by atoms with Crippen molar-refractivity contribution in [2.45, 2.75) is 37.5 Å². The minimum Gasteiger partial charge on any atom is -0.355 e. The van der Waals surface area contributed by atoms with Gasteiger partial charge < -0.3 is 10.2 Å². The van der Waals surface area contributed by atoms with Crippen molar-refractivity contribution in [1.29, 1.82) is 0 Å². The van der Waals surface area contributed by atoms with Gasteiger partial charge in [0.05, 0.1) is 6.42 Å². The average molecular weight is 524 g/mol. The van der Waals surface area contributed by atoms with Crippen molar-refractivity contribution >= 4 is 28.5 Å². The number of hydrogen-bond donors (Lipinski definition) is 1. The number of amides is 1. The van der Waals surface area contributed by atoms with Crippen molar-refractivity contribution in [3.05, 3.63) is 68.8 Å². The number of benzene rings is 2. The molecule has 0 unspecified atom stereocenters. The maximum absolute atomic E-state index is 13.4. The number of halogens is 3. The number of nitrogens with one attached hydrogen (secondary N) is 1. The molecule has 2 aromatic rings. The molecule has 1 saturated heterocycles. The smallest absolute Gasteiger partial charge is 0.224 e. The molecule has 0 atom stereocenters. The van der Waals surface area contributed by atoms with Crippen LogP contribution in [-0.4, -0.2) is 37.0 Å². The lowest BCUT2D eigenvalue weighted by atomic mass is 9.72. The first kappa shape index (κ1) is 21.7. The lowest BCUT2D eigenvalue weighted by Gasteiger charge is -2.42. The summed E-state index contributed by atoms with van der Waals surface area (Å²) in [7, 11) is 0. The van der Waals surface area contributed by atoms with E-state index in [-0.39, 0.29) is 17.7 Å². The zero-order chi connectivity index (χ0) is 21.1. The molecule has 6 heteroatoms. The van der Waals surface area contributed by atoms with Gasteiger partial charge in [0.2, 0.25) is 5.91 Å². The molecule has 1 aliphatic carbocycles. The van der Waals surface area contributed by atoms with E-state index >= 15 is 0 Å². The molecular weight excluding hydrogens is 497 g/mol. The Labute approximate surface area is 190 Å². The summed E-state index contributed by atoms with van der Waals surface area (Å²) in [6.45, 7) is 3.81. The first-order valence-corrected chi connectivity index (χ1v) is 11.7. The van der Waals surface area contributed by atoms with Crippen LogP contribution in [0.2, 0.25) is 0 Å². The third-order valence-corrected chi connectivity index (χ3v) is 7.11. The molecule has 1 saturated carbocycles. The first-order chi connectivity index (χ1) is 14.4. The minimum atomic E-state index is -0.656. The highest BCUT2D eigenvalue weighted by Crippen LogP contribution is 2.37. The molecule has 0 spiro atoms. The molecule has 0 aromatic heterocycles. The number of carbonyl (C=O) groups is 1. The van der Waals surface area contributed by atoms with Crippen LogP contribution in [0.25, 0.3) is 0 Å². The molecule has 30 heavy (non-hydrogen) atoms. The number of rotatable bonds is 7. The SMILES string of the molecule is O=C(Cc1cc(F)cc(F)c1)NCC1(c2ccc(I)cc2)CCN(CC2CC2)CC1. The summed E-state index contributed by atoms with van der Waals surface area (Å²) in [4.78, 5) is 15.1. The second-order valence-electron chi connectivity index (χ2n) is 8.76. The number of nitrogens with zero attached hydrogens (tertiary/aromatic N) is 1. The van der Waals surface area contributed by atoms with Gasteiger partial charge in [0.15, 0.2) is 0 Å². The van der Waals surface area contributed by atoms with Crippen LogP contribution in [0.3, 0.4) is 0 Å². The highest BCUT2D eigenvalue weighted by molar-refractivity contribution is 14.1. The van der Waals surface area contributed by atoms with Crippen LogP contribution < -0.4 is 5.32 Å². The molecule has 0 radical (unpaired) electrons. The number of carbonyl (C=O) groups excluding carboxylic acids is 1. The monoisotopic (exact) mass is 524 g/mol. The number of piperidine rings is 1. The largest absolute Gasteiger partial charge is 0.355 e. The van der Waals surface area contributed by atoms with E-state index in [1.807, 2.05) is 0 Å². The van der Waals surface area contributed by atoms with E-state index in [1.54, 1.807) is 0 Å². The maximum atomic E-state index is 13.4. The van der Waals surface area contributed by atoms with Gasteiger partial charge in [0, 0.05) is 28.1 Å². The highest BCUT2D eigenvalue weighted by Gasteiger charge is 2.37. The molecule has 1 aliphatic heterocycles. The Morgan fingerprint density at radius 3 is 2.30 bits per heavy atom. The van der Waals surface area contributed by atoms with E-state index in [4.69, 9.17) is 0 Å². The van der Waals surface area contributed by atoms with E-state index in [0.29, 0.717) is 12.1 Å². The Morgan fingerprint density at radius 2 is 1.70 bits per heavy atom. The van der Waals surface area contributed by atoms with Gasteiger partial charge in [-0.2, -0.15) is 0 Å². The van der Waals surface area contributed by atoms with Gasteiger partial charge in [0.25, 0.3) is 0 Å². The molecular formula is C24H27F2IN2O. The van der Waals surface area contributed by atoms with Crippen molar-refractivity contribution in [2.24, 2.45) is 5.92 Å². The van der Waals surface area contributed by atoms with Crippen LogP contribution in [0.15, 0.2) is 42.5 Å². The molecule has 1 heterocycles. The van der Waals surface area contributed by atoms with Crippen LogP contribution in [0, 0.1) is 21.1 Å². The van der Waals surface area contributed by atoms with Gasteiger partial charge >= 0.3 is 0 Å². The molecule has 0 bridgehead atoms. The third kappa shape index (κ3) is 5.58. The summed E-state index contributed by atoms with van der Waals surface area (Å²) in [5.41, 5.74) is 1.51. The van der Waals surface area contributed by atoms with E-state index in [2.05, 4.69) is 57.1 Å². The van der Waals surface area contributed by atoms with Gasteiger partial charge in [-0.05, 0) is 103 Å². The minimum absolute atomic E-state index is 0.0226. The summed E-state index contributed by atoms with van der Waals surface area (Å²) >= 11 is 2.31. The molecule has 2 aliphatic rings. The van der Waals surface area contributed by atoms with Gasteiger partial charge in [-0.1, -0.05) is 12.1 Å². The van der Waals surface area contributed by atoms with Crippen LogP contribution in [0.4, 0.5) is 8.78 Å².